The van der Waals surface area contributed by atoms with Crippen LogP contribution in [0.5, 0.6) is 5.75 Å². The summed E-state index contributed by atoms with van der Waals surface area (Å²) in [6.07, 6.45) is 4.69. The lowest BCUT2D eigenvalue weighted by atomic mass is 9.99. The molecule has 7 nitrogen and oxygen atoms in total. The van der Waals surface area contributed by atoms with Gasteiger partial charge in [-0.2, -0.15) is 5.10 Å². The first-order valence-electron chi connectivity index (χ1n) is 10.1. The number of hydrogen-bond acceptors (Lipinski definition) is 6. The van der Waals surface area contributed by atoms with E-state index in [2.05, 4.69) is 33.0 Å². The zero-order valence-electron chi connectivity index (χ0n) is 16.9. The highest BCUT2D eigenvalue weighted by atomic mass is 16.5. The van der Waals surface area contributed by atoms with Crippen LogP contribution in [0, 0.1) is 0 Å². The molecule has 28 heavy (non-hydrogen) atoms. The highest BCUT2D eigenvalue weighted by Crippen LogP contribution is 2.23. The number of likely N-dealkylation sites (tertiary alicyclic amines) is 1. The van der Waals surface area contributed by atoms with Gasteiger partial charge in [0.1, 0.15) is 11.4 Å². The Kier molecular flexibility index (Phi) is 5.96. The van der Waals surface area contributed by atoms with Crippen molar-refractivity contribution in [3.05, 3.63) is 42.2 Å². The molecule has 2 atom stereocenters. The van der Waals surface area contributed by atoms with Gasteiger partial charge in [-0.05, 0) is 25.6 Å². The van der Waals surface area contributed by atoms with Crippen LogP contribution in [-0.4, -0.2) is 95.2 Å². The van der Waals surface area contributed by atoms with E-state index in [0.717, 1.165) is 69.2 Å². The zero-order valence-corrected chi connectivity index (χ0v) is 16.9. The smallest absolute Gasteiger partial charge is 0.144 e. The summed E-state index contributed by atoms with van der Waals surface area (Å²) in [6.45, 7) is 6.84. The number of methoxy groups -OCH3 is 1. The number of aliphatic hydroxyl groups is 1. The summed E-state index contributed by atoms with van der Waals surface area (Å²) in [5.74, 6) is 0.806. The number of benzene rings is 1. The molecule has 2 aliphatic rings. The Morgan fingerprint density at radius 3 is 2.68 bits per heavy atom. The Hall–Kier alpha value is -1.93. The van der Waals surface area contributed by atoms with Gasteiger partial charge in [0.2, 0.25) is 0 Å². The molecule has 3 heterocycles. The van der Waals surface area contributed by atoms with Gasteiger partial charge in [-0.25, -0.2) is 4.68 Å². The van der Waals surface area contributed by atoms with Crippen LogP contribution in [0.4, 0.5) is 0 Å². The molecule has 2 aliphatic heterocycles. The summed E-state index contributed by atoms with van der Waals surface area (Å²) in [4.78, 5) is 7.17. The molecule has 0 amide bonds. The Balaban J connectivity index is 1.35. The van der Waals surface area contributed by atoms with E-state index in [1.54, 1.807) is 7.11 Å². The summed E-state index contributed by atoms with van der Waals surface area (Å²) in [6, 6.07) is 8.18. The van der Waals surface area contributed by atoms with Crippen LogP contribution in [0.2, 0.25) is 0 Å². The number of β-amino-alcohol motifs (C(OH)–C–C–N with tert-alkyl or cyclic N) is 1. The fourth-order valence-corrected chi connectivity index (χ4v) is 4.36. The number of ether oxygens (including phenoxy) is 1. The molecule has 1 aromatic heterocycles. The maximum atomic E-state index is 10.8. The van der Waals surface area contributed by atoms with Gasteiger partial charge in [-0.1, -0.05) is 12.1 Å². The molecule has 4 rings (SSSR count). The van der Waals surface area contributed by atoms with Crippen LogP contribution in [0.3, 0.4) is 0 Å². The van der Waals surface area contributed by atoms with E-state index in [1.165, 1.54) is 0 Å². The number of para-hydroxylation sites is 2. The average Bonchev–Trinajstić information content (AvgIpc) is 3.17. The first-order chi connectivity index (χ1) is 13.6. The van der Waals surface area contributed by atoms with Crippen LogP contribution < -0.4 is 4.74 Å². The number of hydrogen-bond donors (Lipinski definition) is 1. The van der Waals surface area contributed by atoms with Crippen LogP contribution in [-0.2, 0) is 6.54 Å². The molecule has 0 bridgehead atoms. The van der Waals surface area contributed by atoms with Crippen molar-refractivity contribution in [3.63, 3.8) is 0 Å². The topological polar surface area (TPSA) is 57.0 Å². The minimum atomic E-state index is -0.290. The Morgan fingerprint density at radius 2 is 1.93 bits per heavy atom. The standard InChI is InChI=1S/C21H31N5O2/c1-23-9-11-25(12-10-23)18-7-8-24(16-20(18)27)14-17-13-22-26(15-17)19-5-3-4-6-21(19)28-2/h3-6,13,15,18,20,27H,7-12,14,16H2,1-2H3/t18-,20-/m1/s1. The fraction of sp³-hybridized carbons (Fsp3) is 0.571. The van der Waals surface area contributed by atoms with Gasteiger partial charge < -0.3 is 14.7 Å². The number of piperidine rings is 1. The molecule has 0 unspecified atom stereocenters. The number of aromatic nitrogens is 2. The third kappa shape index (κ3) is 4.22. The Bertz CT molecular complexity index is 772. The van der Waals surface area contributed by atoms with E-state index >= 15 is 0 Å². The maximum Gasteiger partial charge on any atom is 0.144 e. The summed E-state index contributed by atoms with van der Waals surface area (Å²) >= 11 is 0. The molecular formula is C21H31N5O2. The van der Waals surface area contributed by atoms with Crippen LogP contribution in [0.15, 0.2) is 36.7 Å². The second-order valence-corrected chi connectivity index (χ2v) is 7.96. The quantitative estimate of drug-likeness (QED) is 0.831. The fourth-order valence-electron chi connectivity index (χ4n) is 4.36. The summed E-state index contributed by atoms with van der Waals surface area (Å²) < 4.78 is 7.30. The van der Waals surface area contributed by atoms with E-state index in [0.29, 0.717) is 6.04 Å². The predicted octanol–water partition coefficient (Wildman–Crippen LogP) is 1.06. The Morgan fingerprint density at radius 1 is 1.14 bits per heavy atom. The lowest BCUT2D eigenvalue weighted by Crippen LogP contribution is -2.58. The number of aliphatic hydroxyl groups excluding tert-OH is 1. The molecule has 2 aromatic rings. The van der Waals surface area contributed by atoms with Gasteiger partial charge >= 0.3 is 0 Å². The van der Waals surface area contributed by atoms with Gasteiger partial charge in [-0.15, -0.1) is 0 Å². The van der Waals surface area contributed by atoms with Crippen molar-refractivity contribution in [2.24, 2.45) is 0 Å². The second-order valence-electron chi connectivity index (χ2n) is 7.96. The van der Waals surface area contributed by atoms with Crippen LogP contribution in [0.25, 0.3) is 5.69 Å². The summed E-state index contributed by atoms with van der Waals surface area (Å²) in [5, 5.41) is 15.3. The highest BCUT2D eigenvalue weighted by molar-refractivity contribution is 5.46. The third-order valence-electron chi connectivity index (χ3n) is 6.01. The minimum Gasteiger partial charge on any atom is -0.494 e. The normalized spacial score (nSPS) is 25.1. The minimum absolute atomic E-state index is 0.290. The van der Waals surface area contributed by atoms with E-state index in [9.17, 15) is 5.11 Å². The zero-order chi connectivity index (χ0) is 19.5. The summed E-state index contributed by atoms with van der Waals surface area (Å²) in [5.41, 5.74) is 2.08. The van der Waals surface area contributed by atoms with Crippen molar-refractivity contribution in [1.82, 2.24) is 24.5 Å². The molecule has 0 spiro atoms. The highest BCUT2D eigenvalue weighted by Gasteiger charge is 2.33. The van der Waals surface area contributed by atoms with E-state index < -0.39 is 0 Å². The van der Waals surface area contributed by atoms with E-state index in [4.69, 9.17) is 4.74 Å². The lowest BCUT2D eigenvalue weighted by molar-refractivity contribution is -0.0286. The van der Waals surface area contributed by atoms with Gasteiger partial charge in [0.15, 0.2) is 0 Å². The molecule has 1 N–H and O–H groups in total. The van der Waals surface area contributed by atoms with Gasteiger partial charge in [-0.3, -0.25) is 9.80 Å². The van der Waals surface area contributed by atoms with Crippen molar-refractivity contribution < 1.29 is 9.84 Å². The second kappa shape index (κ2) is 8.61. The molecular weight excluding hydrogens is 354 g/mol. The largest absolute Gasteiger partial charge is 0.494 e. The molecule has 0 saturated carbocycles. The van der Waals surface area contributed by atoms with Crippen molar-refractivity contribution in [2.75, 3.05) is 53.4 Å². The summed E-state index contributed by atoms with van der Waals surface area (Å²) in [7, 11) is 3.84. The predicted molar refractivity (Wildman–Crippen MR) is 109 cm³/mol. The number of nitrogens with zero attached hydrogens (tertiary/aromatic N) is 5. The van der Waals surface area contributed by atoms with Crippen molar-refractivity contribution in [1.29, 1.82) is 0 Å². The third-order valence-corrected chi connectivity index (χ3v) is 6.01. The average molecular weight is 386 g/mol. The molecule has 0 radical (unpaired) electrons. The van der Waals surface area contributed by atoms with Crippen molar-refractivity contribution in [2.45, 2.75) is 25.1 Å². The molecule has 152 valence electrons. The maximum absolute atomic E-state index is 10.8. The van der Waals surface area contributed by atoms with Crippen molar-refractivity contribution >= 4 is 0 Å². The first kappa shape index (κ1) is 19.4. The molecule has 2 fully saturated rings. The Labute approximate surface area is 167 Å². The number of piperazine rings is 1. The monoisotopic (exact) mass is 385 g/mol. The van der Waals surface area contributed by atoms with Gasteiger partial charge in [0, 0.05) is 63.6 Å². The molecule has 1 aromatic carbocycles. The van der Waals surface area contributed by atoms with E-state index in [-0.39, 0.29) is 6.10 Å². The lowest BCUT2D eigenvalue weighted by Gasteiger charge is -2.44. The van der Waals surface area contributed by atoms with Crippen LogP contribution >= 0.6 is 0 Å². The molecule has 7 heteroatoms. The first-order valence-corrected chi connectivity index (χ1v) is 10.1. The SMILES string of the molecule is COc1ccccc1-n1cc(CN2CC[C@@H](N3CCN(C)CC3)[C@H](O)C2)cn1. The van der Waals surface area contributed by atoms with Gasteiger partial charge in [0.25, 0.3) is 0 Å². The van der Waals surface area contributed by atoms with Gasteiger partial charge in [0.05, 0.1) is 19.4 Å². The van der Waals surface area contributed by atoms with Crippen molar-refractivity contribution in [3.8, 4) is 11.4 Å². The molecule has 0 aliphatic carbocycles. The number of likely N-dealkylation sites (N-methyl/N-ethyl adjacent to an activating group) is 1. The van der Waals surface area contributed by atoms with E-state index in [1.807, 2.05) is 35.1 Å². The van der Waals surface area contributed by atoms with Crippen LogP contribution in [0.1, 0.15) is 12.0 Å². The number of rotatable bonds is 5. The molecule has 2 saturated heterocycles.